The molecular formula is C60H68BrClN6O8. The van der Waals surface area contributed by atoms with Gasteiger partial charge in [-0.2, -0.15) is 0 Å². The molecule has 400 valence electrons. The standard InChI is InChI=1S/C32H35BrN2O4.C28H33ClN4O4/c1-4-23-9-6-7-10-24(23)16-26(36)11-8-12-30(38)32-21(3)35(29-14-13-25(33)17-28(29)32)20-27(37)15-22-18-34(19-22)31(39)5-2;1-3-23(35)32-13-20(14-32)30-22(34)15-33-25-17(2)11-19(29)12-21(25)24(26(33)18-5-6-18)27(36)31-9-10-37-28(16-31)7-4-8-28/h5-7,9-10,13-14,17,22H,2,4,8,11-12,15-16,18-20H2,1,3H3;3,11-12,18,20H,1,4-10,13-16H2,2H3,(H,30,34). The number of benzene rings is 3. The molecule has 10 rings (SSSR count). The van der Waals surface area contributed by atoms with Crippen LogP contribution in [0.1, 0.15) is 119 Å². The number of fused-ring (bicyclic) bond motifs is 2. The molecule has 5 aliphatic rings. The Morgan fingerprint density at radius 1 is 0.816 bits per heavy atom. The van der Waals surface area contributed by atoms with Crippen LogP contribution in [0.3, 0.4) is 0 Å². The monoisotopic (exact) mass is 1110 g/mol. The summed E-state index contributed by atoms with van der Waals surface area (Å²) in [5.74, 6) is 0.267. The van der Waals surface area contributed by atoms with E-state index < -0.39 is 0 Å². The zero-order chi connectivity index (χ0) is 54.0. The van der Waals surface area contributed by atoms with Crippen LogP contribution >= 0.6 is 27.5 Å². The zero-order valence-electron chi connectivity index (χ0n) is 43.9. The number of nitrogens with zero attached hydrogens (tertiary/aromatic N) is 5. The van der Waals surface area contributed by atoms with Crippen LogP contribution in [0.2, 0.25) is 5.02 Å². The summed E-state index contributed by atoms with van der Waals surface area (Å²) in [7, 11) is 0. The van der Waals surface area contributed by atoms with Gasteiger partial charge in [-0.25, -0.2) is 0 Å². The molecule has 76 heavy (non-hydrogen) atoms. The molecular weight excluding hydrogens is 1050 g/mol. The van der Waals surface area contributed by atoms with E-state index in [1.54, 1.807) is 9.80 Å². The Labute approximate surface area is 457 Å². The maximum atomic E-state index is 14.1. The highest BCUT2D eigenvalue weighted by atomic mass is 79.9. The van der Waals surface area contributed by atoms with E-state index in [2.05, 4.69) is 47.4 Å². The number of hydrogen-bond donors (Lipinski definition) is 1. The number of carbonyl (C=O) groups is 7. The van der Waals surface area contributed by atoms with Crippen molar-refractivity contribution in [2.75, 3.05) is 45.9 Å². The average Bonchev–Trinajstić information content (AvgIpc) is 4.15. The summed E-state index contributed by atoms with van der Waals surface area (Å²) in [5.41, 5.74) is 7.77. The molecule has 3 aliphatic heterocycles. The molecule has 0 radical (unpaired) electrons. The van der Waals surface area contributed by atoms with Crippen LogP contribution in [0.25, 0.3) is 21.8 Å². The molecule has 3 saturated heterocycles. The summed E-state index contributed by atoms with van der Waals surface area (Å²) in [5, 5.41) is 5.28. The number of aromatic nitrogens is 2. The first-order chi connectivity index (χ1) is 36.5. The number of aryl methyl sites for hydroxylation is 2. The quantitative estimate of drug-likeness (QED) is 0.0633. The van der Waals surface area contributed by atoms with Crippen LogP contribution in [0, 0.1) is 19.8 Å². The summed E-state index contributed by atoms with van der Waals surface area (Å²) in [4.78, 5) is 95.1. The molecule has 14 nitrogen and oxygen atoms in total. The van der Waals surface area contributed by atoms with Gasteiger partial charge >= 0.3 is 0 Å². The topological polar surface area (TPSA) is 160 Å². The third-order valence-electron chi connectivity index (χ3n) is 16.0. The molecule has 5 heterocycles. The third-order valence-corrected chi connectivity index (χ3v) is 16.7. The van der Waals surface area contributed by atoms with Gasteiger partial charge in [-0.15, -0.1) is 0 Å². The first kappa shape index (κ1) is 54.6. The van der Waals surface area contributed by atoms with Crippen molar-refractivity contribution in [3.8, 4) is 0 Å². The number of nitrogens with one attached hydrogen (secondary N) is 1. The molecule has 5 fully saturated rings. The van der Waals surface area contributed by atoms with E-state index in [-0.39, 0.29) is 84.0 Å². The number of likely N-dealkylation sites (tertiary alicyclic amines) is 2. The van der Waals surface area contributed by atoms with Crippen LogP contribution < -0.4 is 5.32 Å². The SMILES string of the molecule is C=CC(=O)N1CC(CC(=O)Cn2c(C)c(C(=O)CCCC(=O)Cc3ccccc3CC)c3cc(Br)ccc32)C1.C=CC(=O)N1CC(NC(=O)Cn2c(C3CC3)c(C(=O)N3CCOC4(CCC4)C3)c3cc(Cl)cc(C)c32)C1. The summed E-state index contributed by atoms with van der Waals surface area (Å²) in [6.45, 7) is 17.1. The number of halogens is 2. The number of morpholine rings is 1. The first-order valence-corrected chi connectivity index (χ1v) is 28.0. The lowest BCUT2D eigenvalue weighted by Crippen LogP contribution is -2.61. The molecule has 0 atom stereocenters. The van der Waals surface area contributed by atoms with Gasteiger partial charge in [0.2, 0.25) is 17.7 Å². The lowest BCUT2D eigenvalue weighted by Gasteiger charge is -2.48. The Bertz CT molecular complexity index is 3150. The lowest BCUT2D eigenvalue weighted by molar-refractivity contribution is -0.142. The Kier molecular flexibility index (Phi) is 16.7. The number of carbonyl (C=O) groups excluding carboxylic acids is 7. The van der Waals surface area contributed by atoms with E-state index in [0.717, 1.165) is 87.3 Å². The van der Waals surface area contributed by atoms with Gasteiger partial charge in [-0.1, -0.05) is 71.9 Å². The van der Waals surface area contributed by atoms with E-state index >= 15 is 0 Å². The summed E-state index contributed by atoms with van der Waals surface area (Å²) in [6.07, 6.45) is 10.5. The highest BCUT2D eigenvalue weighted by molar-refractivity contribution is 9.10. The maximum absolute atomic E-state index is 14.1. The largest absolute Gasteiger partial charge is 0.371 e. The molecule has 1 N–H and O–H groups in total. The zero-order valence-corrected chi connectivity index (χ0v) is 46.2. The van der Waals surface area contributed by atoms with Crippen molar-refractivity contribution in [3.63, 3.8) is 0 Å². The lowest BCUT2D eigenvalue weighted by atomic mass is 9.78. The second kappa shape index (κ2) is 23.2. The number of hydrogen-bond acceptors (Lipinski definition) is 8. The average molecular weight is 1120 g/mol. The predicted molar refractivity (Wildman–Crippen MR) is 298 cm³/mol. The molecule has 16 heteroatoms. The van der Waals surface area contributed by atoms with Gasteiger partial charge in [-0.05, 0) is 118 Å². The highest BCUT2D eigenvalue weighted by Gasteiger charge is 2.45. The van der Waals surface area contributed by atoms with Crippen molar-refractivity contribution in [2.45, 2.75) is 122 Å². The van der Waals surface area contributed by atoms with Gasteiger partial charge < -0.3 is 33.9 Å². The van der Waals surface area contributed by atoms with Crippen molar-refractivity contribution in [2.24, 2.45) is 5.92 Å². The van der Waals surface area contributed by atoms with Crippen LogP contribution in [0.15, 0.2) is 84.4 Å². The van der Waals surface area contributed by atoms with E-state index in [4.69, 9.17) is 16.3 Å². The van der Waals surface area contributed by atoms with Crippen LogP contribution in [-0.4, -0.2) is 122 Å². The van der Waals surface area contributed by atoms with Crippen molar-refractivity contribution >= 4 is 90.3 Å². The number of ether oxygens (including phenoxy) is 1. The molecule has 2 aliphatic carbocycles. The fraction of sp³-hybridized carbons (Fsp3) is 0.450. The minimum absolute atomic E-state index is 0.0128. The van der Waals surface area contributed by atoms with Crippen LogP contribution in [0.5, 0.6) is 0 Å². The van der Waals surface area contributed by atoms with E-state index in [9.17, 15) is 33.6 Å². The Hall–Kier alpha value is -6.16. The smallest absolute Gasteiger partial charge is 0.256 e. The summed E-state index contributed by atoms with van der Waals surface area (Å²) >= 11 is 10.0. The molecule has 0 unspecified atom stereocenters. The molecule has 0 bridgehead atoms. The first-order valence-electron chi connectivity index (χ1n) is 26.8. The van der Waals surface area contributed by atoms with Gasteiger partial charge in [-0.3, -0.25) is 33.6 Å². The fourth-order valence-electron chi connectivity index (χ4n) is 11.7. The third kappa shape index (κ3) is 11.7. The molecule has 4 amide bonds. The van der Waals surface area contributed by atoms with Gasteiger partial charge in [0, 0.05) is 113 Å². The highest BCUT2D eigenvalue weighted by Crippen LogP contribution is 2.47. The number of amides is 4. The normalized spacial score (nSPS) is 17.1. The number of rotatable bonds is 19. The van der Waals surface area contributed by atoms with Gasteiger partial charge in [0.05, 0.1) is 42.4 Å². The molecule has 2 saturated carbocycles. The van der Waals surface area contributed by atoms with Crippen molar-refractivity contribution < 1.29 is 38.3 Å². The Morgan fingerprint density at radius 2 is 1.51 bits per heavy atom. The van der Waals surface area contributed by atoms with Crippen LogP contribution in [-0.2, 0) is 54.6 Å². The van der Waals surface area contributed by atoms with Crippen LogP contribution in [0.4, 0.5) is 0 Å². The van der Waals surface area contributed by atoms with Crippen molar-refractivity contribution in [1.29, 1.82) is 0 Å². The summed E-state index contributed by atoms with van der Waals surface area (Å²) < 4.78 is 10.9. The second-order valence-electron chi connectivity index (χ2n) is 21.4. The Morgan fingerprint density at radius 3 is 2.17 bits per heavy atom. The van der Waals surface area contributed by atoms with Gasteiger partial charge in [0.15, 0.2) is 11.6 Å². The minimum atomic E-state index is -0.191. The Balaban J connectivity index is 0.000000186. The van der Waals surface area contributed by atoms with Crippen molar-refractivity contribution in [3.05, 3.63) is 129 Å². The number of Topliss-reactive ketones (excluding diaryl/α,β-unsaturated/α-hetero) is 3. The molecule has 1 spiro atoms. The van der Waals surface area contributed by atoms with E-state index in [0.29, 0.717) is 87.7 Å². The minimum Gasteiger partial charge on any atom is -0.371 e. The second-order valence-corrected chi connectivity index (χ2v) is 22.8. The van der Waals surface area contributed by atoms with Gasteiger partial charge in [0.25, 0.3) is 5.91 Å². The van der Waals surface area contributed by atoms with Gasteiger partial charge in [0.1, 0.15) is 12.3 Å². The van der Waals surface area contributed by atoms with E-state index in [1.165, 1.54) is 17.7 Å². The van der Waals surface area contributed by atoms with E-state index in [1.807, 2.05) is 76.4 Å². The summed E-state index contributed by atoms with van der Waals surface area (Å²) in [6, 6.07) is 17.5. The molecule has 2 aromatic heterocycles. The number of ketones is 3. The van der Waals surface area contributed by atoms with Crippen molar-refractivity contribution in [1.82, 2.24) is 29.2 Å². The molecule has 5 aromatic rings. The fourth-order valence-corrected chi connectivity index (χ4v) is 12.4. The predicted octanol–water partition coefficient (Wildman–Crippen LogP) is 9.43. The maximum Gasteiger partial charge on any atom is 0.256 e. The molecule has 3 aromatic carbocycles.